The first-order chi connectivity index (χ1) is 9.22. The molecular formula is C11H19N5O3. The molecule has 8 nitrogen and oxygen atoms in total. The Morgan fingerprint density at radius 1 is 1.47 bits per heavy atom. The second-order valence-electron chi connectivity index (χ2n) is 4.25. The highest BCUT2D eigenvalue weighted by Crippen LogP contribution is 2.16. The topological polar surface area (TPSA) is 107 Å². The van der Waals surface area contributed by atoms with Crippen molar-refractivity contribution in [3.8, 4) is 6.01 Å². The monoisotopic (exact) mass is 269 g/mol. The van der Waals surface area contributed by atoms with E-state index in [9.17, 15) is 0 Å². The van der Waals surface area contributed by atoms with Gasteiger partial charge in [-0.2, -0.15) is 15.0 Å². The molecule has 0 bridgehead atoms. The number of nitrogens with zero attached hydrogens (tertiary/aromatic N) is 4. The van der Waals surface area contributed by atoms with Crippen LogP contribution in [0.15, 0.2) is 0 Å². The lowest BCUT2D eigenvalue weighted by Gasteiger charge is -2.31. The van der Waals surface area contributed by atoms with Gasteiger partial charge in [-0.1, -0.05) is 6.92 Å². The lowest BCUT2D eigenvalue weighted by atomic mass is 10.3. The normalized spacial score (nSPS) is 19.5. The minimum absolute atomic E-state index is 0.0315. The van der Waals surface area contributed by atoms with Gasteiger partial charge < -0.3 is 25.2 Å². The minimum Gasteiger partial charge on any atom is -0.463 e. The Bertz CT molecular complexity index is 417. The van der Waals surface area contributed by atoms with E-state index in [1.807, 2.05) is 11.8 Å². The molecule has 1 aromatic rings. The fourth-order valence-corrected chi connectivity index (χ4v) is 1.77. The Hall–Kier alpha value is -1.67. The average molecular weight is 269 g/mol. The van der Waals surface area contributed by atoms with E-state index in [1.165, 1.54) is 0 Å². The molecule has 8 heteroatoms. The Kier molecular flexibility index (Phi) is 4.69. The molecule has 0 spiro atoms. The van der Waals surface area contributed by atoms with Gasteiger partial charge >= 0.3 is 6.01 Å². The summed E-state index contributed by atoms with van der Waals surface area (Å²) in [7, 11) is 0. The molecule has 0 saturated carbocycles. The number of anilines is 2. The first-order valence-electron chi connectivity index (χ1n) is 6.34. The maximum Gasteiger partial charge on any atom is 0.323 e. The molecule has 106 valence electrons. The number of aliphatic hydroxyl groups excluding tert-OH is 1. The zero-order valence-electron chi connectivity index (χ0n) is 10.9. The van der Waals surface area contributed by atoms with Crippen LogP contribution in [-0.2, 0) is 4.74 Å². The van der Waals surface area contributed by atoms with Gasteiger partial charge in [-0.05, 0) is 6.42 Å². The van der Waals surface area contributed by atoms with Gasteiger partial charge in [-0.15, -0.1) is 0 Å². The fraction of sp³-hybridized carbons (Fsp3) is 0.727. The Labute approximate surface area is 111 Å². The SMILES string of the molecule is CCCOc1nc(N)nc(N2CCOC(CO)C2)n1. The summed E-state index contributed by atoms with van der Waals surface area (Å²) in [6.45, 7) is 4.18. The molecule has 1 aliphatic rings. The van der Waals surface area contributed by atoms with Crippen molar-refractivity contribution in [3.63, 3.8) is 0 Å². The number of aliphatic hydroxyl groups is 1. The summed E-state index contributed by atoms with van der Waals surface area (Å²) >= 11 is 0. The van der Waals surface area contributed by atoms with Crippen molar-refractivity contribution in [2.45, 2.75) is 19.4 Å². The second kappa shape index (κ2) is 6.48. The number of hydrogen-bond acceptors (Lipinski definition) is 8. The maximum absolute atomic E-state index is 9.13. The van der Waals surface area contributed by atoms with Crippen LogP contribution in [0.5, 0.6) is 6.01 Å². The van der Waals surface area contributed by atoms with Crippen molar-refractivity contribution in [2.75, 3.05) is 43.5 Å². The van der Waals surface area contributed by atoms with Crippen molar-refractivity contribution in [1.29, 1.82) is 0 Å². The van der Waals surface area contributed by atoms with Crippen LogP contribution in [0.2, 0.25) is 0 Å². The molecule has 1 aromatic heterocycles. The lowest BCUT2D eigenvalue weighted by molar-refractivity contribution is 0.00310. The van der Waals surface area contributed by atoms with E-state index in [0.717, 1.165) is 6.42 Å². The smallest absolute Gasteiger partial charge is 0.323 e. The fourth-order valence-electron chi connectivity index (χ4n) is 1.77. The molecule has 2 rings (SSSR count). The minimum atomic E-state index is -0.230. The third-order valence-corrected chi connectivity index (χ3v) is 2.68. The molecule has 0 aliphatic carbocycles. The van der Waals surface area contributed by atoms with Gasteiger partial charge in [-0.3, -0.25) is 0 Å². The van der Waals surface area contributed by atoms with E-state index in [-0.39, 0.29) is 24.7 Å². The number of nitrogen functional groups attached to an aromatic ring is 1. The van der Waals surface area contributed by atoms with Gasteiger partial charge in [0.1, 0.15) is 0 Å². The number of ether oxygens (including phenoxy) is 2. The highest BCUT2D eigenvalue weighted by Gasteiger charge is 2.22. The Morgan fingerprint density at radius 3 is 3.05 bits per heavy atom. The summed E-state index contributed by atoms with van der Waals surface area (Å²) in [6.07, 6.45) is 0.636. The van der Waals surface area contributed by atoms with Crippen LogP contribution in [0.25, 0.3) is 0 Å². The summed E-state index contributed by atoms with van der Waals surface area (Å²) < 4.78 is 10.7. The van der Waals surface area contributed by atoms with Crippen LogP contribution < -0.4 is 15.4 Å². The predicted molar refractivity (Wildman–Crippen MR) is 69.1 cm³/mol. The van der Waals surface area contributed by atoms with Gasteiger partial charge in [0.05, 0.1) is 25.9 Å². The molecule has 2 heterocycles. The van der Waals surface area contributed by atoms with E-state index < -0.39 is 0 Å². The zero-order valence-corrected chi connectivity index (χ0v) is 10.9. The first kappa shape index (κ1) is 13.8. The average Bonchev–Trinajstić information content (AvgIpc) is 2.44. The van der Waals surface area contributed by atoms with Crippen molar-refractivity contribution in [3.05, 3.63) is 0 Å². The van der Waals surface area contributed by atoms with Crippen molar-refractivity contribution in [1.82, 2.24) is 15.0 Å². The van der Waals surface area contributed by atoms with Crippen LogP contribution in [0.1, 0.15) is 13.3 Å². The van der Waals surface area contributed by atoms with Crippen molar-refractivity contribution in [2.24, 2.45) is 0 Å². The molecule has 1 unspecified atom stereocenters. The van der Waals surface area contributed by atoms with Gasteiger partial charge in [-0.25, -0.2) is 0 Å². The summed E-state index contributed by atoms with van der Waals surface area (Å²) in [6, 6.07) is 0.233. The zero-order chi connectivity index (χ0) is 13.7. The molecule has 0 amide bonds. The highest BCUT2D eigenvalue weighted by atomic mass is 16.5. The van der Waals surface area contributed by atoms with Crippen LogP contribution in [0.3, 0.4) is 0 Å². The summed E-state index contributed by atoms with van der Waals surface area (Å²) in [4.78, 5) is 14.2. The highest BCUT2D eigenvalue weighted by molar-refractivity contribution is 5.36. The van der Waals surface area contributed by atoms with Crippen LogP contribution in [0.4, 0.5) is 11.9 Å². The summed E-state index contributed by atoms with van der Waals surface area (Å²) in [5.41, 5.74) is 5.66. The molecule has 1 fully saturated rings. The summed E-state index contributed by atoms with van der Waals surface area (Å²) in [5, 5.41) is 9.13. The third kappa shape index (κ3) is 3.65. The van der Waals surface area contributed by atoms with Crippen molar-refractivity contribution >= 4 is 11.9 Å². The van der Waals surface area contributed by atoms with Gasteiger partial charge in [0.15, 0.2) is 0 Å². The van der Waals surface area contributed by atoms with Gasteiger partial charge in [0.25, 0.3) is 0 Å². The number of morpholine rings is 1. The Morgan fingerprint density at radius 2 is 2.32 bits per heavy atom. The largest absolute Gasteiger partial charge is 0.463 e. The number of nitrogens with two attached hydrogens (primary N) is 1. The molecule has 19 heavy (non-hydrogen) atoms. The van der Waals surface area contributed by atoms with E-state index in [1.54, 1.807) is 0 Å². The number of hydrogen-bond donors (Lipinski definition) is 2. The molecule has 1 atom stereocenters. The quantitative estimate of drug-likeness (QED) is 0.732. The molecular weight excluding hydrogens is 250 g/mol. The second-order valence-corrected chi connectivity index (χ2v) is 4.25. The van der Waals surface area contributed by atoms with E-state index >= 15 is 0 Å². The predicted octanol–water partition coefficient (Wildman–Crippen LogP) is -0.560. The molecule has 0 radical (unpaired) electrons. The van der Waals surface area contributed by atoms with Crippen molar-refractivity contribution < 1.29 is 14.6 Å². The molecule has 1 saturated heterocycles. The first-order valence-corrected chi connectivity index (χ1v) is 6.34. The van der Waals surface area contributed by atoms with E-state index in [4.69, 9.17) is 20.3 Å². The third-order valence-electron chi connectivity index (χ3n) is 2.68. The number of rotatable bonds is 5. The lowest BCUT2D eigenvalue weighted by Crippen LogP contribution is -2.45. The van der Waals surface area contributed by atoms with Crippen LogP contribution in [0, 0.1) is 0 Å². The maximum atomic E-state index is 9.13. The summed E-state index contributed by atoms with van der Waals surface area (Å²) in [5.74, 6) is 0.587. The molecule has 3 N–H and O–H groups in total. The van der Waals surface area contributed by atoms with E-state index in [0.29, 0.717) is 32.3 Å². The number of aromatic nitrogens is 3. The van der Waals surface area contributed by atoms with Crippen LogP contribution >= 0.6 is 0 Å². The Balaban J connectivity index is 2.11. The standard InChI is InChI=1S/C11H19N5O3/c1-2-4-19-11-14-9(12)13-10(15-11)16-3-5-18-8(6-16)7-17/h8,17H,2-7H2,1H3,(H2,12,13,14,15). The van der Waals surface area contributed by atoms with E-state index in [2.05, 4.69) is 15.0 Å². The molecule has 0 aromatic carbocycles. The van der Waals surface area contributed by atoms with Gasteiger partial charge in [0, 0.05) is 13.1 Å². The molecule has 1 aliphatic heterocycles. The van der Waals surface area contributed by atoms with Gasteiger partial charge in [0.2, 0.25) is 11.9 Å². The van der Waals surface area contributed by atoms with Crippen LogP contribution in [-0.4, -0.2) is 59.1 Å².